The third-order valence-corrected chi connectivity index (χ3v) is 7.34. The number of aryl methyl sites for hydroxylation is 2. The minimum atomic E-state index is 0.148. The van der Waals surface area contributed by atoms with Crippen molar-refractivity contribution >= 4 is 5.78 Å². The number of fused-ring (bicyclic) bond motifs is 1. The van der Waals surface area contributed by atoms with Crippen molar-refractivity contribution in [2.45, 2.75) is 76.7 Å². The molecule has 158 valence electrons. The van der Waals surface area contributed by atoms with Crippen molar-refractivity contribution in [3.63, 3.8) is 0 Å². The van der Waals surface area contributed by atoms with Crippen molar-refractivity contribution in [3.05, 3.63) is 58.7 Å². The molecule has 30 heavy (non-hydrogen) atoms. The van der Waals surface area contributed by atoms with Crippen LogP contribution in [0.5, 0.6) is 0 Å². The second-order valence-electron chi connectivity index (χ2n) is 9.52. The van der Waals surface area contributed by atoms with Crippen molar-refractivity contribution in [2.24, 2.45) is 5.92 Å². The van der Waals surface area contributed by atoms with Crippen LogP contribution in [0.3, 0.4) is 0 Å². The quantitative estimate of drug-likeness (QED) is 0.605. The van der Waals surface area contributed by atoms with Gasteiger partial charge in [-0.1, -0.05) is 37.5 Å². The molecule has 2 fully saturated rings. The standard InChI is InChI=1S/C26H33N3O/c30-25(23-17-27-26(28-18-23)11-8-19-4-5-19)10-7-20-6-9-21-12-14-29(24-2-1-3-24)15-13-22(21)16-20/h6,9,16-19,24H,1-5,7-8,10-15H2. The SMILES string of the molecule is O=C(CCc1ccc2c(c1)CCN(C1CCC1)CC2)c1cnc(CCC2CC2)nc1. The first-order valence-electron chi connectivity index (χ1n) is 11.9. The number of ketones is 1. The van der Waals surface area contributed by atoms with Crippen LogP contribution in [0.2, 0.25) is 0 Å². The van der Waals surface area contributed by atoms with Gasteiger partial charge in [-0.05, 0) is 61.1 Å². The number of benzene rings is 1. The van der Waals surface area contributed by atoms with Crippen LogP contribution in [0.4, 0.5) is 0 Å². The molecule has 5 rings (SSSR count). The zero-order valence-electron chi connectivity index (χ0n) is 18.0. The average Bonchev–Trinajstić information content (AvgIpc) is 3.57. The van der Waals surface area contributed by atoms with Crippen LogP contribution in [0.25, 0.3) is 0 Å². The molecule has 2 heterocycles. The Kier molecular flexibility index (Phi) is 5.94. The van der Waals surface area contributed by atoms with E-state index >= 15 is 0 Å². The predicted molar refractivity (Wildman–Crippen MR) is 119 cm³/mol. The molecular weight excluding hydrogens is 370 g/mol. The van der Waals surface area contributed by atoms with E-state index in [9.17, 15) is 4.79 Å². The Morgan fingerprint density at radius 1 is 0.967 bits per heavy atom. The topological polar surface area (TPSA) is 46.1 Å². The first kappa shape index (κ1) is 19.9. The van der Waals surface area contributed by atoms with E-state index < -0.39 is 0 Å². The van der Waals surface area contributed by atoms with Crippen LogP contribution < -0.4 is 0 Å². The van der Waals surface area contributed by atoms with Gasteiger partial charge in [0.15, 0.2) is 5.78 Å². The number of aromatic nitrogens is 2. The van der Waals surface area contributed by atoms with E-state index in [1.165, 1.54) is 68.3 Å². The Hall–Kier alpha value is -2.07. The van der Waals surface area contributed by atoms with Gasteiger partial charge in [0, 0.05) is 44.4 Å². The molecule has 4 nitrogen and oxygen atoms in total. The highest BCUT2D eigenvalue weighted by Gasteiger charge is 2.26. The normalized spacial score (nSPS) is 19.7. The molecule has 0 radical (unpaired) electrons. The first-order chi connectivity index (χ1) is 14.7. The number of nitrogens with zero attached hydrogens (tertiary/aromatic N) is 3. The second kappa shape index (κ2) is 8.97. The van der Waals surface area contributed by atoms with Crippen molar-refractivity contribution in [1.82, 2.24) is 14.9 Å². The molecule has 0 bridgehead atoms. The Balaban J connectivity index is 1.14. The molecule has 4 heteroatoms. The molecule has 1 aromatic carbocycles. The number of rotatable bonds is 8. The van der Waals surface area contributed by atoms with Gasteiger partial charge in [-0.3, -0.25) is 9.69 Å². The summed E-state index contributed by atoms with van der Waals surface area (Å²) in [6.45, 7) is 2.39. The molecule has 1 aliphatic heterocycles. The summed E-state index contributed by atoms with van der Waals surface area (Å²) in [6.07, 6.45) is 16.1. The summed E-state index contributed by atoms with van der Waals surface area (Å²) in [6, 6.07) is 7.71. The van der Waals surface area contributed by atoms with Gasteiger partial charge in [0.1, 0.15) is 5.82 Å². The summed E-state index contributed by atoms with van der Waals surface area (Å²) >= 11 is 0. The van der Waals surface area contributed by atoms with E-state index in [4.69, 9.17) is 0 Å². The van der Waals surface area contributed by atoms with Gasteiger partial charge in [0.05, 0.1) is 5.56 Å². The molecular formula is C26H33N3O. The molecule has 3 aliphatic rings. The second-order valence-corrected chi connectivity index (χ2v) is 9.52. The molecule has 2 saturated carbocycles. The predicted octanol–water partition coefficient (Wildman–Crippen LogP) is 4.59. The lowest BCUT2D eigenvalue weighted by molar-refractivity contribution is 0.0982. The van der Waals surface area contributed by atoms with Crippen LogP contribution in [-0.2, 0) is 25.7 Å². The highest BCUT2D eigenvalue weighted by atomic mass is 16.1. The van der Waals surface area contributed by atoms with Gasteiger partial charge in [-0.15, -0.1) is 0 Å². The smallest absolute Gasteiger partial charge is 0.166 e. The molecule has 0 saturated heterocycles. The van der Waals surface area contributed by atoms with E-state index in [0.717, 1.165) is 43.5 Å². The Morgan fingerprint density at radius 3 is 2.43 bits per heavy atom. The largest absolute Gasteiger partial charge is 0.300 e. The van der Waals surface area contributed by atoms with Gasteiger partial charge >= 0.3 is 0 Å². The Bertz CT molecular complexity index is 884. The fourth-order valence-corrected chi connectivity index (χ4v) is 4.84. The van der Waals surface area contributed by atoms with Crippen LogP contribution in [0, 0.1) is 5.92 Å². The molecule has 0 N–H and O–H groups in total. The zero-order chi connectivity index (χ0) is 20.3. The maximum atomic E-state index is 12.6. The minimum Gasteiger partial charge on any atom is -0.300 e. The maximum Gasteiger partial charge on any atom is 0.166 e. The fraction of sp³-hybridized carbons (Fsp3) is 0.577. The summed E-state index contributed by atoms with van der Waals surface area (Å²) in [5.41, 5.74) is 4.92. The van der Waals surface area contributed by atoms with Crippen LogP contribution in [0.1, 0.15) is 77.8 Å². The summed E-state index contributed by atoms with van der Waals surface area (Å²) in [4.78, 5) is 24.2. The zero-order valence-corrected chi connectivity index (χ0v) is 18.0. The number of hydrogen-bond donors (Lipinski definition) is 0. The molecule has 0 atom stereocenters. The lowest BCUT2D eigenvalue weighted by Crippen LogP contribution is -2.41. The average molecular weight is 404 g/mol. The van der Waals surface area contributed by atoms with E-state index in [2.05, 4.69) is 33.1 Å². The molecule has 0 spiro atoms. The highest BCUT2D eigenvalue weighted by molar-refractivity contribution is 5.95. The number of Topliss-reactive ketones (excluding diaryl/α,β-unsaturated/α-hetero) is 1. The van der Waals surface area contributed by atoms with Crippen molar-refractivity contribution in [1.29, 1.82) is 0 Å². The van der Waals surface area contributed by atoms with Gasteiger partial charge < -0.3 is 0 Å². The minimum absolute atomic E-state index is 0.148. The maximum absolute atomic E-state index is 12.6. The third-order valence-electron chi connectivity index (χ3n) is 7.34. The van der Waals surface area contributed by atoms with Gasteiger partial charge in [0.25, 0.3) is 0 Å². The molecule has 2 aromatic rings. The molecule has 0 unspecified atom stereocenters. The lowest BCUT2D eigenvalue weighted by Gasteiger charge is -2.36. The van der Waals surface area contributed by atoms with E-state index in [-0.39, 0.29) is 5.78 Å². The molecule has 1 aromatic heterocycles. The first-order valence-corrected chi connectivity index (χ1v) is 11.9. The van der Waals surface area contributed by atoms with Crippen molar-refractivity contribution in [2.75, 3.05) is 13.1 Å². The highest BCUT2D eigenvalue weighted by Crippen LogP contribution is 2.33. The molecule has 0 amide bonds. The van der Waals surface area contributed by atoms with Gasteiger partial charge in [-0.25, -0.2) is 9.97 Å². The summed E-state index contributed by atoms with van der Waals surface area (Å²) in [7, 11) is 0. The van der Waals surface area contributed by atoms with E-state index in [1.807, 2.05) is 0 Å². The van der Waals surface area contributed by atoms with Crippen molar-refractivity contribution < 1.29 is 4.79 Å². The van der Waals surface area contributed by atoms with Crippen LogP contribution >= 0.6 is 0 Å². The number of carbonyl (C=O) groups is 1. The van der Waals surface area contributed by atoms with Gasteiger partial charge in [0.2, 0.25) is 0 Å². The van der Waals surface area contributed by atoms with Gasteiger partial charge in [-0.2, -0.15) is 0 Å². The summed E-state index contributed by atoms with van der Waals surface area (Å²) < 4.78 is 0. The molecule has 2 aliphatic carbocycles. The monoisotopic (exact) mass is 403 g/mol. The van der Waals surface area contributed by atoms with Crippen LogP contribution in [0.15, 0.2) is 30.6 Å². The Morgan fingerprint density at radius 2 is 1.73 bits per heavy atom. The Labute approximate surface area is 180 Å². The third kappa shape index (κ3) is 4.80. The van der Waals surface area contributed by atoms with Crippen molar-refractivity contribution in [3.8, 4) is 0 Å². The fourth-order valence-electron chi connectivity index (χ4n) is 4.84. The van der Waals surface area contributed by atoms with Crippen LogP contribution in [-0.4, -0.2) is 39.8 Å². The summed E-state index contributed by atoms with van der Waals surface area (Å²) in [5.74, 6) is 1.91. The van der Waals surface area contributed by atoms with E-state index in [1.54, 1.807) is 12.4 Å². The van der Waals surface area contributed by atoms with E-state index in [0.29, 0.717) is 12.0 Å². The lowest BCUT2D eigenvalue weighted by atomic mass is 9.91. The summed E-state index contributed by atoms with van der Waals surface area (Å²) in [5, 5.41) is 0. The number of hydrogen-bond acceptors (Lipinski definition) is 4. The number of carbonyl (C=O) groups excluding carboxylic acids is 1.